The van der Waals surface area contributed by atoms with Crippen molar-refractivity contribution in [2.75, 3.05) is 0 Å². The van der Waals surface area contributed by atoms with Gasteiger partial charge in [-0.15, -0.1) is 0 Å². The van der Waals surface area contributed by atoms with E-state index in [0.717, 1.165) is 0 Å². The van der Waals surface area contributed by atoms with Crippen molar-refractivity contribution in [3.63, 3.8) is 0 Å². The van der Waals surface area contributed by atoms with Crippen LogP contribution in [0.25, 0.3) is 11.3 Å². The van der Waals surface area contributed by atoms with Crippen molar-refractivity contribution < 1.29 is 14.3 Å². The topological polar surface area (TPSA) is 55.1 Å². The van der Waals surface area contributed by atoms with Crippen molar-refractivity contribution in [3.05, 3.63) is 41.8 Å². The van der Waals surface area contributed by atoms with E-state index in [-0.39, 0.29) is 11.5 Å². The fourth-order valence-electron chi connectivity index (χ4n) is 1.64. The predicted molar refractivity (Wildman–Crippen MR) is 60.3 cm³/mol. The van der Waals surface area contributed by atoms with E-state index < -0.39 is 5.97 Å². The van der Waals surface area contributed by atoms with Crippen LogP contribution < -0.4 is 0 Å². The van der Waals surface area contributed by atoms with Crippen molar-refractivity contribution in [1.29, 1.82) is 0 Å². The van der Waals surface area contributed by atoms with Gasteiger partial charge < -0.3 is 5.11 Å². The zero-order valence-corrected chi connectivity index (χ0v) is 9.22. The van der Waals surface area contributed by atoms with Crippen molar-refractivity contribution >= 4 is 5.97 Å². The Bertz CT molecular complexity index is 563. The number of rotatable bonds is 3. The average Bonchev–Trinajstić information content (AvgIpc) is 2.73. The van der Waals surface area contributed by atoms with Gasteiger partial charge in [-0.1, -0.05) is 12.1 Å². The summed E-state index contributed by atoms with van der Waals surface area (Å²) in [5, 5.41) is 12.8. The van der Waals surface area contributed by atoms with Crippen LogP contribution in [0.4, 0.5) is 4.39 Å². The van der Waals surface area contributed by atoms with Crippen LogP contribution in [0.3, 0.4) is 0 Å². The highest BCUT2D eigenvalue weighted by molar-refractivity contribution is 5.87. The standard InChI is InChI=1S/C12H11FN2O2/c1-2-15-11(7-10(14-15)12(16)17)8-4-3-5-9(13)6-8/h3-7H,2H2,1H3,(H,16,17). The van der Waals surface area contributed by atoms with Gasteiger partial charge in [0.05, 0.1) is 5.69 Å². The third kappa shape index (κ3) is 2.18. The highest BCUT2D eigenvalue weighted by Crippen LogP contribution is 2.21. The maximum atomic E-state index is 13.1. The minimum atomic E-state index is -1.09. The highest BCUT2D eigenvalue weighted by atomic mass is 19.1. The number of aromatic nitrogens is 2. The lowest BCUT2D eigenvalue weighted by Crippen LogP contribution is -2.02. The molecule has 0 spiro atoms. The molecular formula is C12H11FN2O2. The molecule has 1 aromatic heterocycles. The molecule has 17 heavy (non-hydrogen) atoms. The molecule has 0 unspecified atom stereocenters. The smallest absolute Gasteiger partial charge is 0.356 e. The Balaban J connectivity index is 2.54. The summed E-state index contributed by atoms with van der Waals surface area (Å²) >= 11 is 0. The van der Waals surface area contributed by atoms with E-state index in [1.54, 1.807) is 12.1 Å². The molecule has 0 fully saturated rings. The first-order valence-electron chi connectivity index (χ1n) is 5.19. The molecule has 0 bridgehead atoms. The summed E-state index contributed by atoms with van der Waals surface area (Å²) in [6, 6.07) is 7.44. The molecule has 0 aliphatic heterocycles. The maximum absolute atomic E-state index is 13.1. The number of carboxylic acid groups (broad SMARTS) is 1. The monoisotopic (exact) mass is 234 g/mol. The largest absolute Gasteiger partial charge is 0.476 e. The highest BCUT2D eigenvalue weighted by Gasteiger charge is 2.13. The molecule has 2 aromatic rings. The Morgan fingerprint density at radius 2 is 2.24 bits per heavy atom. The second-order valence-electron chi connectivity index (χ2n) is 3.55. The first-order chi connectivity index (χ1) is 8.11. The molecular weight excluding hydrogens is 223 g/mol. The number of nitrogens with zero attached hydrogens (tertiary/aromatic N) is 2. The normalized spacial score (nSPS) is 10.5. The van der Waals surface area contributed by atoms with Gasteiger partial charge in [-0.25, -0.2) is 9.18 Å². The molecule has 0 saturated carbocycles. The zero-order valence-electron chi connectivity index (χ0n) is 9.22. The van der Waals surface area contributed by atoms with Crippen LogP contribution in [0.15, 0.2) is 30.3 Å². The van der Waals surface area contributed by atoms with Crippen LogP contribution in [-0.2, 0) is 6.54 Å². The molecule has 2 rings (SSSR count). The van der Waals surface area contributed by atoms with E-state index in [1.165, 1.54) is 22.9 Å². The number of hydrogen-bond acceptors (Lipinski definition) is 2. The van der Waals surface area contributed by atoms with Crippen molar-refractivity contribution in [1.82, 2.24) is 9.78 Å². The molecule has 88 valence electrons. The van der Waals surface area contributed by atoms with E-state index in [2.05, 4.69) is 5.10 Å². The molecule has 1 aromatic carbocycles. The van der Waals surface area contributed by atoms with Crippen molar-refractivity contribution in [3.8, 4) is 11.3 Å². The number of aryl methyl sites for hydroxylation is 1. The van der Waals surface area contributed by atoms with Gasteiger partial charge >= 0.3 is 5.97 Å². The molecule has 0 saturated heterocycles. The Hall–Kier alpha value is -2.17. The molecule has 4 nitrogen and oxygen atoms in total. The summed E-state index contributed by atoms with van der Waals surface area (Å²) in [7, 11) is 0. The number of benzene rings is 1. The first-order valence-corrected chi connectivity index (χ1v) is 5.19. The van der Waals surface area contributed by atoms with E-state index in [4.69, 9.17) is 5.11 Å². The number of carbonyl (C=O) groups is 1. The van der Waals surface area contributed by atoms with Gasteiger partial charge in [0.15, 0.2) is 5.69 Å². The zero-order chi connectivity index (χ0) is 12.4. The fourth-order valence-corrected chi connectivity index (χ4v) is 1.64. The van der Waals surface area contributed by atoms with Crippen LogP contribution in [0, 0.1) is 5.82 Å². The quantitative estimate of drug-likeness (QED) is 0.887. The van der Waals surface area contributed by atoms with Crippen molar-refractivity contribution in [2.24, 2.45) is 0 Å². The Kier molecular flexibility index (Phi) is 2.91. The van der Waals surface area contributed by atoms with Crippen LogP contribution in [-0.4, -0.2) is 20.9 Å². The summed E-state index contributed by atoms with van der Waals surface area (Å²) in [6.07, 6.45) is 0. The maximum Gasteiger partial charge on any atom is 0.356 e. The van der Waals surface area contributed by atoms with Crippen LogP contribution >= 0.6 is 0 Å². The lowest BCUT2D eigenvalue weighted by Gasteiger charge is -2.03. The van der Waals surface area contributed by atoms with Gasteiger partial charge in [-0.2, -0.15) is 5.10 Å². The van der Waals surface area contributed by atoms with Crippen LogP contribution in [0.2, 0.25) is 0 Å². The van der Waals surface area contributed by atoms with Gasteiger partial charge in [0.2, 0.25) is 0 Å². The summed E-state index contributed by atoms with van der Waals surface area (Å²) in [5.41, 5.74) is 1.18. The molecule has 0 aliphatic carbocycles. The van der Waals surface area contributed by atoms with E-state index in [0.29, 0.717) is 17.8 Å². The molecule has 1 heterocycles. The molecule has 1 N–H and O–H groups in total. The summed E-state index contributed by atoms with van der Waals surface area (Å²) in [5.74, 6) is -1.45. The molecule has 5 heteroatoms. The lowest BCUT2D eigenvalue weighted by molar-refractivity contribution is 0.0689. The third-order valence-corrected chi connectivity index (χ3v) is 2.42. The van der Waals surface area contributed by atoms with Crippen LogP contribution in [0.1, 0.15) is 17.4 Å². The van der Waals surface area contributed by atoms with Crippen LogP contribution in [0.5, 0.6) is 0 Å². The van der Waals surface area contributed by atoms with Gasteiger partial charge in [0, 0.05) is 12.1 Å². The fraction of sp³-hybridized carbons (Fsp3) is 0.167. The van der Waals surface area contributed by atoms with Gasteiger partial charge in [0.1, 0.15) is 5.82 Å². The number of carboxylic acids is 1. The average molecular weight is 234 g/mol. The number of hydrogen-bond donors (Lipinski definition) is 1. The summed E-state index contributed by atoms with van der Waals surface area (Å²) < 4.78 is 14.6. The van der Waals surface area contributed by atoms with E-state index >= 15 is 0 Å². The Morgan fingerprint density at radius 3 is 2.82 bits per heavy atom. The van der Waals surface area contributed by atoms with Gasteiger partial charge in [-0.05, 0) is 25.1 Å². The van der Waals surface area contributed by atoms with E-state index in [9.17, 15) is 9.18 Å². The minimum Gasteiger partial charge on any atom is -0.476 e. The summed E-state index contributed by atoms with van der Waals surface area (Å²) in [6.45, 7) is 2.38. The van der Waals surface area contributed by atoms with Crippen molar-refractivity contribution in [2.45, 2.75) is 13.5 Å². The van der Waals surface area contributed by atoms with Gasteiger partial charge in [-0.3, -0.25) is 4.68 Å². The lowest BCUT2D eigenvalue weighted by atomic mass is 10.1. The molecule has 0 radical (unpaired) electrons. The SMILES string of the molecule is CCn1nc(C(=O)O)cc1-c1cccc(F)c1. The van der Waals surface area contributed by atoms with E-state index in [1.807, 2.05) is 6.92 Å². The second-order valence-corrected chi connectivity index (χ2v) is 3.55. The Morgan fingerprint density at radius 1 is 1.47 bits per heavy atom. The second kappa shape index (κ2) is 4.37. The number of aromatic carboxylic acids is 1. The minimum absolute atomic E-state index is 0.0360. The first kappa shape index (κ1) is 11.3. The number of halogens is 1. The third-order valence-electron chi connectivity index (χ3n) is 2.42. The Labute approximate surface area is 97.3 Å². The molecule has 0 atom stereocenters. The molecule has 0 amide bonds. The summed E-state index contributed by atoms with van der Waals surface area (Å²) in [4.78, 5) is 10.8. The predicted octanol–water partition coefficient (Wildman–Crippen LogP) is 2.41. The molecule has 0 aliphatic rings. The van der Waals surface area contributed by atoms with Gasteiger partial charge in [0.25, 0.3) is 0 Å².